The Kier molecular flexibility index (Phi) is 14.9. The number of guanidine groups is 1. The van der Waals surface area contributed by atoms with Crippen LogP contribution in [0.5, 0.6) is 5.75 Å². The van der Waals surface area contributed by atoms with E-state index < -0.39 is 0 Å². The van der Waals surface area contributed by atoms with Crippen LogP contribution in [-0.2, 0) is 9.47 Å². The fourth-order valence-electron chi connectivity index (χ4n) is 2.74. The highest BCUT2D eigenvalue weighted by atomic mass is 127. The predicted octanol–water partition coefficient (Wildman–Crippen LogP) is 5.08. The van der Waals surface area contributed by atoms with E-state index in [0.717, 1.165) is 82.1 Å². The second kappa shape index (κ2) is 16.6. The second-order valence-electron chi connectivity index (χ2n) is 7.75. The average molecular weight is 533 g/mol. The first-order valence-corrected chi connectivity index (χ1v) is 11.1. The monoisotopic (exact) mass is 533 g/mol. The number of unbranched alkanes of at least 4 members (excludes halogenated alkanes) is 1. The largest absolute Gasteiger partial charge is 0.491 e. The molecule has 172 valence electrons. The van der Waals surface area contributed by atoms with Gasteiger partial charge in [-0.15, -0.1) is 24.0 Å². The van der Waals surface area contributed by atoms with Crippen LogP contribution in [0.25, 0.3) is 0 Å². The number of nitrogens with one attached hydrogen (secondary N) is 2. The molecule has 0 bridgehead atoms. The number of ether oxygens (including phenoxy) is 3. The molecule has 1 aromatic rings. The van der Waals surface area contributed by atoms with Gasteiger partial charge in [-0.05, 0) is 83.1 Å². The van der Waals surface area contributed by atoms with Crippen molar-refractivity contribution in [1.29, 1.82) is 0 Å². The van der Waals surface area contributed by atoms with Gasteiger partial charge in [0.15, 0.2) is 5.96 Å². The Morgan fingerprint density at radius 1 is 1.07 bits per heavy atom. The summed E-state index contributed by atoms with van der Waals surface area (Å²) in [6.45, 7) is 11.0. The van der Waals surface area contributed by atoms with Crippen molar-refractivity contribution in [2.24, 2.45) is 10.9 Å². The van der Waals surface area contributed by atoms with Crippen molar-refractivity contribution in [1.82, 2.24) is 5.32 Å². The van der Waals surface area contributed by atoms with Gasteiger partial charge in [0, 0.05) is 45.2 Å². The zero-order valence-corrected chi connectivity index (χ0v) is 21.2. The fourth-order valence-corrected chi connectivity index (χ4v) is 2.74. The maximum absolute atomic E-state index is 5.71. The number of anilines is 1. The van der Waals surface area contributed by atoms with Gasteiger partial charge in [0.1, 0.15) is 5.75 Å². The lowest BCUT2D eigenvalue weighted by atomic mass is 10.3. The Morgan fingerprint density at radius 2 is 1.80 bits per heavy atom. The lowest BCUT2D eigenvalue weighted by Crippen LogP contribution is -2.32. The lowest BCUT2D eigenvalue weighted by molar-refractivity contribution is 0.123. The van der Waals surface area contributed by atoms with Gasteiger partial charge >= 0.3 is 0 Å². The van der Waals surface area contributed by atoms with Gasteiger partial charge in [-0.25, -0.2) is 0 Å². The molecule has 0 amide bonds. The standard InChI is InChI=1S/C23H39N3O3.HI/c1-4-27-16-6-5-14-24-23(25-15-7-17-28-18-20-8-9-20)26-21-10-12-22(13-11-21)29-19(2)3;/h10-13,19-20H,4-9,14-18H2,1-3H3,(H2,24,25,26);1H. The number of benzene rings is 1. The van der Waals surface area contributed by atoms with Crippen molar-refractivity contribution in [2.45, 2.75) is 59.0 Å². The number of rotatable bonds is 15. The van der Waals surface area contributed by atoms with E-state index in [0.29, 0.717) is 0 Å². The van der Waals surface area contributed by atoms with E-state index in [4.69, 9.17) is 19.2 Å². The van der Waals surface area contributed by atoms with Gasteiger partial charge < -0.3 is 24.8 Å². The van der Waals surface area contributed by atoms with Crippen LogP contribution in [0.1, 0.15) is 52.9 Å². The van der Waals surface area contributed by atoms with Gasteiger partial charge in [-0.2, -0.15) is 0 Å². The van der Waals surface area contributed by atoms with E-state index >= 15 is 0 Å². The molecule has 1 aliphatic carbocycles. The molecule has 1 aliphatic rings. The van der Waals surface area contributed by atoms with Crippen molar-refractivity contribution < 1.29 is 14.2 Å². The molecular weight excluding hydrogens is 493 g/mol. The minimum absolute atomic E-state index is 0. The van der Waals surface area contributed by atoms with Crippen LogP contribution >= 0.6 is 24.0 Å². The zero-order valence-electron chi connectivity index (χ0n) is 18.8. The van der Waals surface area contributed by atoms with Crippen molar-refractivity contribution in [2.75, 3.05) is 44.8 Å². The highest BCUT2D eigenvalue weighted by Crippen LogP contribution is 2.28. The summed E-state index contributed by atoms with van der Waals surface area (Å²) >= 11 is 0. The van der Waals surface area contributed by atoms with Crippen LogP contribution in [0.4, 0.5) is 5.69 Å². The van der Waals surface area contributed by atoms with E-state index in [-0.39, 0.29) is 30.1 Å². The van der Waals surface area contributed by atoms with Crippen molar-refractivity contribution in [3.05, 3.63) is 24.3 Å². The molecule has 1 fully saturated rings. The number of halogens is 1. The highest BCUT2D eigenvalue weighted by Gasteiger charge is 2.20. The van der Waals surface area contributed by atoms with Crippen LogP contribution in [0.15, 0.2) is 29.3 Å². The molecule has 0 radical (unpaired) electrons. The van der Waals surface area contributed by atoms with Gasteiger partial charge in [-0.3, -0.25) is 4.99 Å². The summed E-state index contributed by atoms with van der Waals surface area (Å²) in [7, 11) is 0. The summed E-state index contributed by atoms with van der Waals surface area (Å²) in [4.78, 5) is 4.71. The lowest BCUT2D eigenvalue weighted by Gasteiger charge is -2.14. The third kappa shape index (κ3) is 13.3. The minimum atomic E-state index is 0. The maximum atomic E-state index is 5.71. The third-order valence-corrected chi connectivity index (χ3v) is 4.47. The Bertz CT molecular complexity index is 578. The molecule has 2 N–H and O–H groups in total. The van der Waals surface area contributed by atoms with E-state index in [9.17, 15) is 0 Å². The first-order valence-electron chi connectivity index (χ1n) is 11.1. The summed E-state index contributed by atoms with van der Waals surface area (Å²) in [6.07, 6.45) is 5.87. The minimum Gasteiger partial charge on any atom is -0.491 e. The first kappa shape index (κ1) is 27.0. The summed E-state index contributed by atoms with van der Waals surface area (Å²) in [5.41, 5.74) is 0.992. The molecule has 6 nitrogen and oxygen atoms in total. The third-order valence-electron chi connectivity index (χ3n) is 4.47. The molecule has 0 heterocycles. The van der Waals surface area contributed by atoms with Crippen LogP contribution in [0.2, 0.25) is 0 Å². The van der Waals surface area contributed by atoms with Crippen LogP contribution < -0.4 is 15.4 Å². The van der Waals surface area contributed by atoms with Crippen LogP contribution in [-0.4, -0.2) is 51.6 Å². The summed E-state index contributed by atoms with van der Waals surface area (Å²) in [6, 6.07) is 7.99. The van der Waals surface area contributed by atoms with Crippen molar-refractivity contribution >= 4 is 35.6 Å². The van der Waals surface area contributed by atoms with E-state index in [1.54, 1.807) is 0 Å². The highest BCUT2D eigenvalue weighted by molar-refractivity contribution is 14.0. The number of aliphatic imine (C=N–C) groups is 1. The van der Waals surface area contributed by atoms with Crippen molar-refractivity contribution in [3.63, 3.8) is 0 Å². The van der Waals surface area contributed by atoms with E-state index in [1.807, 2.05) is 45.0 Å². The summed E-state index contributed by atoms with van der Waals surface area (Å²) in [5.74, 6) is 2.50. The summed E-state index contributed by atoms with van der Waals surface area (Å²) < 4.78 is 16.8. The molecular formula is C23H40IN3O3. The van der Waals surface area contributed by atoms with Crippen LogP contribution in [0, 0.1) is 5.92 Å². The molecule has 0 aliphatic heterocycles. The van der Waals surface area contributed by atoms with Crippen LogP contribution in [0.3, 0.4) is 0 Å². The molecule has 30 heavy (non-hydrogen) atoms. The number of hydrogen-bond donors (Lipinski definition) is 2. The Balaban J connectivity index is 0.00000450. The SMILES string of the molecule is CCOCCCCNC(=NCCCOCC1CC1)Nc1ccc(OC(C)C)cc1.I. The van der Waals surface area contributed by atoms with E-state index in [1.165, 1.54) is 12.8 Å². The Morgan fingerprint density at radius 3 is 2.47 bits per heavy atom. The molecule has 1 saturated carbocycles. The molecule has 0 unspecified atom stereocenters. The topological polar surface area (TPSA) is 64.1 Å². The predicted molar refractivity (Wildman–Crippen MR) is 135 cm³/mol. The van der Waals surface area contributed by atoms with Gasteiger partial charge in [0.2, 0.25) is 0 Å². The molecule has 0 atom stereocenters. The van der Waals surface area contributed by atoms with Gasteiger partial charge in [0.05, 0.1) is 6.10 Å². The summed E-state index contributed by atoms with van der Waals surface area (Å²) in [5, 5.41) is 6.81. The number of nitrogens with zero attached hydrogens (tertiary/aromatic N) is 1. The van der Waals surface area contributed by atoms with E-state index in [2.05, 4.69) is 10.6 Å². The number of hydrogen-bond acceptors (Lipinski definition) is 4. The molecule has 0 saturated heterocycles. The molecule has 0 aromatic heterocycles. The molecule has 2 rings (SSSR count). The Labute approximate surface area is 199 Å². The molecule has 7 heteroatoms. The fraction of sp³-hybridized carbons (Fsp3) is 0.696. The molecule has 1 aromatic carbocycles. The average Bonchev–Trinajstić information content (AvgIpc) is 3.52. The molecule has 0 spiro atoms. The smallest absolute Gasteiger partial charge is 0.195 e. The van der Waals surface area contributed by atoms with Gasteiger partial charge in [0.25, 0.3) is 0 Å². The maximum Gasteiger partial charge on any atom is 0.195 e. The normalized spacial score (nSPS) is 13.8. The Hall–Kier alpha value is -1.06. The second-order valence-corrected chi connectivity index (χ2v) is 7.75. The zero-order chi connectivity index (χ0) is 20.7. The van der Waals surface area contributed by atoms with Crippen molar-refractivity contribution in [3.8, 4) is 5.75 Å². The van der Waals surface area contributed by atoms with Gasteiger partial charge in [-0.1, -0.05) is 0 Å². The first-order chi connectivity index (χ1) is 14.2. The quantitative estimate of drug-likeness (QED) is 0.143.